The molecule has 168 valence electrons. The molecule has 1 fully saturated rings. The number of benzene rings is 1. The minimum Gasteiger partial charge on any atom is -0.497 e. The van der Waals surface area contributed by atoms with E-state index in [0.29, 0.717) is 5.69 Å². The van der Waals surface area contributed by atoms with Gasteiger partial charge < -0.3 is 9.64 Å². The molecule has 6 heteroatoms. The first-order valence-electron chi connectivity index (χ1n) is 11.2. The molecule has 1 aliphatic heterocycles. The van der Waals surface area contributed by atoms with Gasteiger partial charge in [-0.3, -0.25) is 14.5 Å². The summed E-state index contributed by atoms with van der Waals surface area (Å²) in [4.78, 5) is 20.3. The lowest BCUT2D eigenvalue weighted by Crippen LogP contribution is -2.32. The van der Waals surface area contributed by atoms with E-state index in [9.17, 15) is 4.79 Å². The van der Waals surface area contributed by atoms with Gasteiger partial charge in [0.15, 0.2) is 0 Å². The predicted molar refractivity (Wildman–Crippen MR) is 126 cm³/mol. The topological polar surface area (TPSA) is 60.2 Å². The molecule has 2 aromatic heterocycles. The molecular formula is C26H32N4O2. The number of hydrogen-bond acceptors (Lipinski definition) is 4. The maximum absolute atomic E-state index is 13.5. The van der Waals surface area contributed by atoms with Gasteiger partial charge in [-0.05, 0) is 61.2 Å². The van der Waals surface area contributed by atoms with Crippen LogP contribution in [0.3, 0.4) is 0 Å². The average Bonchev–Trinajstić information content (AvgIpc) is 3.40. The number of aryl methyl sites for hydroxylation is 2. The van der Waals surface area contributed by atoms with E-state index in [-0.39, 0.29) is 17.4 Å². The number of rotatable bonds is 4. The maximum atomic E-state index is 13.5. The lowest BCUT2D eigenvalue weighted by Gasteiger charge is -2.25. The van der Waals surface area contributed by atoms with Crippen molar-refractivity contribution in [2.75, 3.05) is 13.7 Å². The molecule has 0 N–H and O–H groups in total. The van der Waals surface area contributed by atoms with Crippen molar-refractivity contribution in [2.45, 2.75) is 52.0 Å². The second-order valence-corrected chi connectivity index (χ2v) is 9.60. The average molecular weight is 433 g/mol. The largest absolute Gasteiger partial charge is 0.497 e. The molecule has 0 spiro atoms. The molecule has 3 aromatic rings. The number of amides is 1. The molecule has 1 aromatic carbocycles. The highest BCUT2D eigenvalue weighted by molar-refractivity contribution is 5.93. The first kappa shape index (κ1) is 22.1. The second kappa shape index (κ2) is 8.41. The van der Waals surface area contributed by atoms with Gasteiger partial charge in [-0.25, -0.2) is 0 Å². The van der Waals surface area contributed by atoms with Crippen LogP contribution in [-0.2, 0) is 12.5 Å². The molecular weight excluding hydrogens is 400 g/mol. The van der Waals surface area contributed by atoms with Crippen LogP contribution >= 0.6 is 0 Å². The molecule has 1 amide bonds. The Labute approximate surface area is 190 Å². The quantitative estimate of drug-likeness (QED) is 0.577. The fourth-order valence-electron chi connectivity index (χ4n) is 4.31. The Kier molecular flexibility index (Phi) is 5.80. The van der Waals surface area contributed by atoms with Gasteiger partial charge in [0.25, 0.3) is 5.91 Å². The standard InChI is InChI=1S/C26H32N4O2/c1-17-14-19(18-9-11-20(32-6)12-10-18)15-21(27-17)22-8-7-13-30(22)25(31)23-16-24(26(2,3)4)28-29(23)5/h9-12,14-16,22H,7-8,13H2,1-6H3/t22-/m1/s1. The number of hydrogen-bond donors (Lipinski definition) is 0. The van der Waals surface area contributed by atoms with Crippen LogP contribution in [0, 0.1) is 6.92 Å². The third-order valence-corrected chi connectivity index (χ3v) is 6.12. The van der Waals surface area contributed by atoms with Crippen LogP contribution in [0.2, 0.25) is 0 Å². The smallest absolute Gasteiger partial charge is 0.272 e. The molecule has 1 saturated heterocycles. The number of pyridine rings is 1. The molecule has 1 aliphatic rings. The van der Waals surface area contributed by atoms with Crippen LogP contribution in [0.5, 0.6) is 5.75 Å². The van der Waals surface area contributed by atoms with Crippen molar-refractivity contribution in [1.82, 2.24) is 19.7 Å². The summed E-state index contributed by atoms with van der Waals surface area (Å²) >= 11 is 0. The third-order valence-electron chi connectivity index (χ3n) is 6.12. The molecule has 0 aliphatic carbocycles. The van der Waals surface area contributed by atoms with Gasteiger partial charge in [0.2, 0.25) is 0 Å². The van der Waals surface area contributed by atoms with Gasteiger partial charge in [0.05, 0.1) is 24.5 Å². The summed E-state index contributed by atoms with van der Waals surface area (Å²) in [6.07, 6.45) is 1.88. The number of nitrogens with zero attached hydrogens (tertiary/aromatic N) is 4. The first-order chi connectivity index (χ1) is 15.2. The van der Waals surface area contributed by atoms with Crippen molar-refractivity contribution in [3.05, 3.63) is 65.2 Å². The highest BCUT2D eigenvalue weighted by Crippen LogP contribution is 2.35. The molecule has 32 heavy (non-hydrogen) atoms. The minimum atomic E-state index is -0.105. The van der Waals surface area contributed by atoms with E-state index in [1.807, 2.05) is 37.1 Å². The Morgan fingerprint density at radius 2 is 1.81 bits per heavy atom. The van der Waals surface area contributed by atoms with Gasteiger partial charge in [-0.2, -0.15) is 5.10 Å². The highest BCUT2D eigenvalue weighted by atomic mass is 16.5. The summed E-state index contributed by atoms with van der Waals surface area (Å²) in [5.74, 6) is 0.852. The maximum Gasteiger partial charge on any atom is 0.272 e. The Hall–Kier alpha value is -3.15. The molecule has 6 nitrogen and oxygen atoms in total. The molecule has 0 saturated carbocycles. The summed E-state index contributed by atoms with van der Waals surface area (Å²) in [6.45, 7) is 9.07. The van der Waals surface area contributed by atoms with Crippen molar-refractivity contribution in [2.24, 2.45) is 7.05 Å². The molecule has 1 atom stereocenters. The van der Waals surface area contributed by atoms with E-state index in [1.165, 1.54) is 0 Å². The summed E-state index contributed by atoms with van der Waals surface area (Å²) in [7, 11) is 3.52. The molecule has 0 radical (unpaired) electrons. The lowest BCUT2D eigenvalue weighted by atomic mass is 9.92. The normalized spacial score (nSPS) is 16.4. The number of carbonyl (C=O) groups excluding carboxylic acids is 1. The van der Waals surface area contributed by atoms with Crippen molar-refractivity contribution in [3.63, 3.8) is 0 Å². The molecule has 3 heterocycles. The van der Waals surface area contributed by atoms with Gasteiger partial charge in [-0.1, -0.05) is 32.9 Å². The Morgan fingerprint density at radius 1 is 1.09 bits per heavy atom. The third kappa shape index (κ3) is 4.27. The van der Waals surface area contributed by atoms with Crippen LogP contribution < -0.4 is 4.74 Å². The monoisotopic (exact) mass is 432 g/mol. The highest BCUT2D eigenvalue weighted by Gasteiger charge is 2.34. The van der Waals surface area contributed by atoms with Crippen LogP contribution in [0.15, 0.2) is 42.5 Å². The van der Waals surface area contributed by atoms with Crippen molar-refractivity contribution in [1.29, 1.82) is 0 Å². The van der Waals surface area contributed by atoms with Crippen LogP contribution in [0.1, 0.15) is 67.2 Å². The Bertz CT molecular complexity index is 1130. The van der Waals surface area contributed by atoms with Gasteiger partial charge in [0, 0.05) is 24.7 Å². The van der Waals surface area contributed by atoms with Crippen LogP contribution in [0.4, 0.5) is 0 Å². The number of methoxy groups -OCH3 is 1. The van der Waals surface area contributed by atoms with E-state index >= 15 is 0 Å². The second-order valence-electron chi connectivity index (χ2n) is 9.60. The van der Waals surface area contributed by atoms with Gasteiger partial charge in [-0.15, -0.1) is 0 Å². The van der Waals surface area contributed by atoms with Crippen molar-refractivity contribution >= 4 is 5.91 Å². The lowest BCUT2D eigenvalue weighted by molar-refractivity contribution is 0.0721. The van der Waals surface area contributed by atoms with E-state index in [1.54, 1.807) is 11.8 Å². The first-order valence-corrected chi connectivity index (χ1v) is 11.2. The summed E-state index contributed by atoms with van der Waals surface area (Å²) in [5, 5.41) is 4.60. The van der Waals surface area contributed by atoms with E-state index in [0.717, 1.165) is 53.3 Å². The zero-order valence-electron chi connectivity index (χ0n) is 19.8. The summed E-state index contributed by atoms with van der Waals surface area (Å²) in [5.41, 5.74) is 5.55. The van der Waals surface area contributed by atoms with E-state index in [2.05, 4.69) is 50.1 Å². The van der Waals surface area contributed by atoms with Gasteiger partial charge >= 0.3 is 0 Å². The van der Waals surface area contributed by atoms with E-state index in [4.69, 9.17) is 9.72 Å². The summed E-state index contributed by atoms with van der Waals surface area (Å²) in [6, 6.07) is 14.1. The zero-order valence-corrected chi connectivity index (χ0v) is 19.8. The van der Waals surface area contributed by atoms with E-state index < -0.39 is 0 Å². The predicted octanol–water partition coefficient (Wildman–Crippen LogP) is 5.07. The van der Waals surface area contributed by atoms with Gasteiger partial charge in [0.1, 0.15) is 11.4 Å². The minimum absolute atomic E-state index is 0.0207. The zero-order chi connectivity index (χ0) is 23.0. The number of aromatic nitrogens is 3. The molecule has 0 bridgehead atoms. The number of likely N-dealkylation sites (tertiary alicyclic amines) is 1. The Balaban J connectivity index is 1.65. The van der Waals surface area contributed by atoms with Crippen molar-refractivity contribution < 1.29 is 9.53 Å². The van der Waals surface area contributed by atoms with Crippen LogP contribution in [-0.4, -0.2) is 39.2 Å². The van der Waals surface area contributed by atoms with Crippen LogP contribution in [0.25, 0.3) is 11.1 Å². The number of carbonyl (C=O) groups is 1. The van der Waals surface area contributed by atoms with Crippen molar-refractivity contribution in [3.8, 4) is 16.9 Å². The summed E-state index contributed by atoms with van der Waals surface area (Å²) < 4.78 is 7.00. The fourth-order valence-corrected chi connectivity index (χ4v) is 4.31. The molecule has 0 unspecified atom stereocenters. The molecule has 4 rings (SSSR count). The Morgan fingerprint density at radius 3 is 2.44 bits per heavy atom. The number of ether oxygens (including phenoxy) is 1. The fraction of sp³-hybridized carbons (Fsp3) is 0.423. The SMILES string of the molecule is COc1ccc(-c2cc(C)nc([C@H]3CCCN3C(=O)c3cc(C(C)(C)C)nn3C)c2)cc1.